The highest BCUT2D eigenvalue weighted by molar-refractivity contribution is 7.99. The van der Waals surface area contributed by atoms with E-state index in [0.717, 1.165) is 35.7 Å². The summed E-state index contributed by atoms with van der Waals surface area (Å²) in [5, 5.41) is 0. The predicted octanol–water partition coefficient (Wildman–Crippen LogP) is 5.73. The lowest BCUT2D eigenvalue weighted by Crippen LogP contribution is -2.40. The second-order valence-corrected chi connectivity index (χ2v) is 11.5. The van der Waals surface area contributed by atoms with E-state index in [-0.39, 0.29) is 18.0 Å². The van der Waals surface area contributed by atoms with E-state index in [4.69, 9.17) is 0 Å². The summed E-state index contributed by atoms with van der Waals surface area (Å²) in [6.07, 6.45) is 1.33. The molecule has 0 radical (unpaired) electrons. The van der Waals surface area contributed by atoms with Crippen LogP contribution in [0, 0.1) is 0 Å². The van der Waals surface area contributed by atoms with Gasteiger partial charge in [-0.3, -0.25) is 4.31 Å². The molecule has 0 aromatic heterocycles. The summed E-state index contributed by atoms with van der Waals surface area (Å²) < 4.78 is 70.0. The van der Waals surface area contributed by atoms with Crippen molar-refractivity contribution < 1.29 is 26.3 Å². The molecule has 5 nitrogen and oxygen atoms in total. The molecule has 3 rings (SSSR count). The SMILES string of the molecule is C=CC=Cc1ccc(N(Cc2ccc(OC(F)(F)F)cc2)S(=O)(=O)CCN2CCSCC2)cc1CC. The number of hydrogen-bond acceptors (Lipinski definition) is 5. The first-order chi connectivity index (χ1) is 17.1. The molecule has 36 heavy (non-hydrogen) atoms. The number of halogens is 3. The molecule has 0 saturated carbocycles. The van der Waals surface area contributed by atoms with Crippen molar-refractivity contribution >= 4 is 33.5 Å². The molecule has 0 aliphatic carbocycles. The molecule has 1 fully saturated rings. The molecular weight excluding hydrogens is 509 g/mol. The summed E-state index contributed by atoms with van der Waals surface area (Å²) in [5.74, 6) is 1.56. The van der Waals surface area contributed by atoms with Crippen LogP contribution in [-0.4, -0.2) is 56.6 Å². The highest BCUT2D eigenvalue weighted by Crippen LogP contribution is 2.28. The normalized spacial score (nSPS) is 15.2. The minimum absolute atomic E-state index is 0.00448. The maximum Gasteiger partial charge on any atom is 0.573 e. The molecule has 2 aromatic carbocycles. The van der Waals surface area contributed by atoms with Gasteiger partial charge in [0.05, 0.1) is 18.0 Å². The topological polar surface area (TPSA) is 49.9 Å². The third-order valence-corrected chi connectivity index (χ3v) is 8.45. The second kappa shape index (κ2) is 12.7. The number of sulfonamides is 1. The minimum Gasteiger partial charge on any atom is -0.406 e. The third kappa shape index (κ3) is 8.31. The minimum atomic E-state index is -4.79. The molecule has 1 aliphatic rings. The molecule has 0 spiro atoms. The van der Waals surface area contributed by atoms with Gasteiger partial charge in [-0.15, -0.1) is 13.2 Å². The largest absolute Gasteiger partial charge is 0.573 e. The number of thioether (sulfide) groups is 1. The van der Waals surface area contributed by atoms with Crippen molar-refractivity contribution in [3.8, 4) is 5.75 Å². The second-order valence-electron chi connectivity index (χ2n) is 8.30. The van der Waals surface area contributed by atoms with Crippen molar-refractivity contribution in [3.63, 3.8) is 0 Å². The van der Waals surface area contributed by atoms with E-state index in [0.29, 0.717) is 24.2 Å². The van der Waals surface area contributed by atoms with E-state index in [1.165, 1.54) is 28.6 Å². The molecule has 1 saturated heterocycles. The lowest BCUT2D eigenvalue weighted by Gasteiger charge is -2.29. The summed E-state index contributed by atoms with van der Waals surface area (Å²) in [6, 6.07) is 10.8. The quantitative estimate of drug-likeness (QED) is 0.341. The Morgan fingerprint density at radius 3 is 2.44 bits per heavy atom. The lowest BCUT2D eigenvalue weighted by molar-refractivity contribution is -0.274. The van der Waals surface area contributed by atoms with Crippen LogP contribution in [-0.2, 0) is 23.0 Å². The van der Waals surface area contributed by atoms with E-state index < -0.39 is 16.4 Å². The lowest BCUT2D eigenvalue weighted by atomic mass is 10.0. The molecule has 0 atom stereocenters. The number of benzene rings is 2. The average molecular weight is 541 g/mol. The molecule has 0 N–H and O–H groups in total. The smallest absolute Gasteiger partial charge is 0.406 e. The number of nitrogens with zero attached hydrogens (tertiary/aromatic N) is 2. The Balaban J connectivity index is 1.90. The number of alkyl halides is 3. The zero-order valence-electron chi connectivity index (χ0n) is 20.2. The first kappa shape index (κ1) is 28.1. The highest BCUT2D eigenvalue weighted by atomic mass is 32.2. The number of allylic oxidation sites excluding steroid dienone is 2. The number of hydrogen-bond donors (Lipinski definition) is 0. The molecular formula is C26H31F3N2O3S2. The summed E-state index contributed by atoms with van der Waals surface area (Å²) >= 11 is 1.86. The van der Waals surface area contributed by atoms with Crippen molar-refractivity contribution in [1.82, 2.24) is 4.90 Å². The Kier molecular flexibility index (Phi) is 9.92. The van der Waals surface area contributed by atoms with Crippen LogP contribution in [0.3, 0.4) is 0 Å². The van der Waals surface area contributed by atoms with Crippen molar-refractivity contribution in [3.05, 3.63) is 77.9 Å². The first-order valence-electron chi connectivity index (χ1n) is 11.7. The van der Waals surface area contributed by atoms with Gasteiger partial charge < -0.3 is 9.64 Å². The van der Waals surface area contributed by atoms with E-state index in [1.54, 1.807) is 12.1 Å². The molecule has 1 heterocycles. The van der Waals surface area contributed by atoms with Crippen LogP contribution in [0.25, 0.3) is 6.08 Å². The van der Waals surface area contributed by atoms with Gasteiger partial charge >= 0.3 is 6.36 Å². The van der Waals surface area contributed by atoms with Crippen molar-refractivity contribution in [2.75, 3.05) is 41.2 Å². The number of aryl methyl sites for hydroxylation is 1. The molecule has 2 aromatic rings. The molecule has 10 heteroatoms. The van der Waals surface area contributed by atoms with Crippen LogP contribution in [0.15, 0.2) is 61.2 Å². The molecule has 196 valence electrons. The van der Waals surface area contributed by atoms with Crippen LogP contribution in [0.4, 0.5) is 18.9 Å². The van der Waals surface area contributed by atoms with Crippen LogP contribution in [0.2, 0.25) is 0 Å². The van der Waals surface area contributed by atoms with Crippen LogP contribution >= 0.6 is 11.8 Å². The maximum atomic E-state index is 13.6. The molecule has 1 aliphatic heterocycles. The zero-order valence-corrected chi connectivity index (χ0v) is 21.8. The standard InChI is InChI=1S/C26H31F3N2O3S2/c1-3-5-6-23-9-10-24(19-22(23)4-2)31(36(32,33)18-15-30-13-16-35-17-14-30)20-21-7-11-25(12-8-21)34-26(27,28)29/h3,5-12,19H,1,4,13-18,20H2,2H3. The van der Waals surface area contributed by atoms with Gasteiger partial charge in [0.2, 0.25) is 10.0 Å². The van der Waals surface area contributed by atoms with Crippen molar-refractivity contribution in [2.45, 2.75) is 26.3 Å². The van der Waals surface area contributed by atoms with Gasteiger partial charge in [0.1, 0.15) is 5.75 Å². The third-order valence-electron chi connectivity index (χ3n) is 5.80. The summed E-state index contributed by atoms with van der Waals surface area (Å²) in [7, 11) is -3.73. The van der Waals surface area contributed by atoms with Gasteiger partial charge in [-0.2, -0.15) is 11.8 Å². The molecule has 0 bridgehead atoms. The maximum absolute atomic E-state index is 13.6. The monoisotopic (exact) mass is 540 g/mol. The Morgan fingerprint density at radius 2 is 1.83 bits per heavy atom. The van der Waals surface area contributed by atoms with Crippen LogP contribution < -0.4 is 9.04 Å². The Hall–Kier alpha value is -2.43. The summed E-state index contributed by atoms with van der Waals surface area (Å²) in [4.78, 5) is 2.15. The fourth-order valence-corrected chi connectivity index (χ4v) is 6.35. The van der Waals surface area contributed by atoms with Crippen molar-refractivity contribution in [2.24, 2.45) is 0 Å². The van der Waals surface area contributed by atoms with E-state index in [1.807, 2.05) is 43.0 Å². The van der Waals surface area contributed by atoms with Crippen LogP contribution in [0.1, 0.15) is 23.6 Å². The average Bonchev–Trinajstić information content (AvgIpc) is 2.85. The number of ether oxygens (including phenoxy) is 1. The Bertz CT molecular complexity index is 1140. The van der Waals surface area contributed by atoms with Crippen molar-refractivity contribution in [1.29, 1.82) is 0 Å². The summed E-state index contributed by atoms with van der Waals surface area (Å²) in [5.41, 5.74) is 3.02. The fourth-order valence-electron chi connectivity index (χ4n) is 3.88. The number of rotatable bonds is 11. The van der Waals surface area contributed by atoms with E-state index in [2.05, 4.69) is 16.2 Å². The van der Waals surface area contributed by atoms with E-state index >= 15 is 0 Å². The fraction of sp³-hybridized carbons (Fsp3) is 0.385. The predicted molar refractivity (Wildman–Crippen MR) is 142 cm³/mol. The van der Waals surface area contributed by atoms with Gasteiger partial charge in [0.25, 0.3) is 0 Å². The highest BCUT2D eigenvalue weighted by Gasteiger charge is 2.31. The Morgan fingerprint density at radius 1 is 1.14 bits per heavy atom. The van der Waals surface area contributed by atoms with Gasteiger partial charge in [0, 0.05) is 31.1 Å². The van der Waals surface area contributed by atoms with Gasteiger partial charge in [-0.05, 0) is 47.4 Å². The number of anilines is 1. The molecule has 0 unspecified atom stereocenters. The summed E-state index contributed by atoms with van der Waals surface area (Å²) in [6.45, 7) is 7.82. The Labute approximate surface area is 215 Å². The zero-order chi connectivity index (χ0) is 26.2. The van der Waals surface area contributed by atoms with Gasteiger partial charge in [0.15, 0.2) is 0 Å². The first-order valence-corrected chi connectivity index (χ1v) is 14.4. The van der Waals surface area contributed by atoms with Crippen LogP contribution in [0.5, 0.6) is 5.75 Å². The molecule has 0 amide bonds. The van der Waals surface area contributed by atoms with E-state index in [9.17, 15) is 21.6 Å². The van der Waals surface area contributed by atoms with Gasteiger partial charge in [-0.1, -0.05) is 49.9 Å². The van der Waals surface area contributed by atoms with Gasteiger partial charge in [-0.25, -0.2) is 8.42 Å².